The minimum Gasteiger partial charge on any atom is -0.394 e. The molecule has 0 aliphatic rings. The van der Waals surface area contributed by atoms with Gasteiger partial charge in [-0.25, -0.2) is 0 Å². The molecule has 0 fully saturated rings. The molecular formula is C12H36O10Te. The summed E-state index contributed by atoms with van der Waals surface area (Å²) >= 11 is 0.470. The minimum atomic E-state index is -0.125. The maximum absolute atomic E-state index is 7.62. The van der Waals surface area contributed by atoms with Crippen LogP contribution in [-0.2, 0) is 0 Å². The number of aliphatic hydroxyl groups excluding tert-OH is 10. The number of aliphatic hydroxyl groups is 10. The van der Waals surface area contributed by atoms with Crippen molar-refractivity contribution in [1.29, 1.82) is 0 Å². The fourth-order valence-electron chi connectivity index (χ4n) is 0. The summed E-state index contributed by atoms with van der Waals surface area (Å²) in [5.41, 5.74) is 0. The predicted molar refractivity (Wildman–Crippen MR) is 88.3 cm³/mol. The summed E-state index contributed by atoms with van der Waals surface area (Å²) in [6.45, 7) is -1.25. The van der Waals surface area contributed by atoms with Crippen LogP contribution >= 0.6 is 0 Å². The molecule has 0 rings (SSSR count). The molecule has 11 heteroatoms. The van der Waals surface area contributed by atoms with Crippen molar-refractivity contribution in [2.75, 3.05) is 66.1 Å². The Morgan fingerprint density at radius 2 is 0.391 bits per heavy atom. The minimum absolute atomic E-state index is 0.125. The van der Waals surface area contributed by atoms with E-state index in [4.69, 9.17) is 51.1 Å². The second-order valence-corrected chi connectivity index (χ2v) is 4.97. The van der Waals surface area contributed by atoms with E-state index < -0.39 is 0 Å². The van der Waals surface area contributed by atoms with Crippen molar-refractivity contribution < 1.29 is 51.1 Å². The molecule has 0 spiro atoms. The third kappa shape index (κ3) is 320. The Kier molecular flexibility index (Phi) is 133. The zero-order valence-corrected chi connectivity index (χ0v) is 16.3. The Bertz CT molecular complexity index is 70.7. The van der Waals surface area contributed by atoms with Crippen LogP contribution in [0.3, 0.4) is 0 Å². The van der Waals surface area contributed by atoms with E-state index in [0.29, 0.717) is 20.9 Å². The van der Waals surface area contributed by atoms with E-state index >= 15 is 0 Å². The fourth-order valence-corrected chi connectivity index (χ4v) is 0. The largest absolute Gasteiger partial charge is 0.394 e. The molecule has 150 valence electrons. The molecule has 0 atom stereocenters. The molecule has 10 nitrogen and oxygen atoms in total. The van der Waals surface area contributed by atoms with Crippen LogP contribution in [-0.4, -0.2) is 138 Å². The van der Waals surface area contributed by atoms with Crippen molar-refractivity contribution in [3.8, 4) is 0 Å². The van der Waals surface area contributed by atoms with Gasteiger partial charge in [-0.2, -0.15) is 0 Å². The van der Waals surface area contributed by atoms with Gasteiger partial charge in [0.05, 0.1) is 66.1 Å². The second kappa shape index (κ2) is 79.0. The van der Waals surface area contributed by atoms with Gasteiger partial charge in [0.2, 0.25) is 0 Å². The van der Waals surface area contributed by atoms with Crippen LogP contribution in [0.5, 0.6) is 0 Å². The van der Waals surface area contributed by atoms with Crippen molar-refractivity contribution in [2.24, 2.45) is 0 Å². The van der Waals surface area contributed by atoms with Crippen LogP contribution < -0.4 is 0 Å². The summed E-state index contributed by atoms with van der Waals surface area (Å²) in [6.07, 6.45) is 0. The summed E-state index contributed by atoms with van der Waals surface area (Å²) in [7, 11) is 0. The first-order valence-corrected chi connectivity index (χ1v) is 11.1. The monoisotopic (exact) mass is 470 g/mol. The van der Waals surface area contributed by atoms with Crippen molar-refractivity contribution in [3.63, 3.8) is 0 Å². The Labute approximate surface area is 148 Å². The maximum Gasteiger partial charge on any atom is 0.0662 e. The first-order valence-electron chi connectivity index (χ1n) is 6.48. The molecule has 0 amide bonds. The van der Waals surface area contributed by atoms with E-state index in [1.807, 2.05) is 0 Å². The van der Waals surface area contributed by atoms with Gasteiger partial charge in [0.25, 0.3) is 0 Å². The van der Waals surface area contributed by atoms with Crippen LogP contribution in [0, 0.1) is 0 Å². The second-order valence-electron chi connectivity index (χ2n) is 2.64. The molecule has 0 aromatic heterocycles. The van der Waals surface area contributed by atoms with Gasteiger partial charge >= 0.3 is 30.9 Å². The van der Waals surface area contributed by atoms with Gasteiger partial charge in [0, 0.05) is 0 Å². The summed E-state index contributed by atoms with van der Waals surface area (Å²) in [5, 5.41) is 76.2. The van der Waals surface area contributed by atoms with Crippen LogP contribution in [0.4, 0.5) is 0 Å². The van der Waals surface area contributed by atoms with Crippen LogP contribution in [0.2, 0.25) is 9.94 Å². The Morgan fingerprint density at radius 1 is 0.348 bits per heavy atom. The fraction of sp³-hybridized carbons (Fsp3) is 1.00. The van der Waals surface area contributed by atoms with Gasteiger partial charge in [-0.05, 0) is 0 Å². The maximum atomic E-state index is 7.62. The molecule has 10 N–H and O–H groups in total. The summed E-state index contributed by atoms with van der Waals surface area (Å²) in [5.74, 6) is 0. The van der Waals surface area contributed by atoms with Crippen molar-refractivity contribution in [3.05, 3.63) is 0 Å². The van der Waals surface area contributed by atoms with E-state index in [0.717, 1.165) is 0 Å². The quantitative estimate of drug-likeness (QED) is 0.176. The third-order valence-corrected chi connectivity index (χ3v) is 0.500. The average molecular weight is 468 g/mol. The molecule has 0 radical (unpaired) electrons. The van der Waals surface area contributed by atoms with E-state index in [-0.39, 0.29) is 66.1 Å². The number of hydrogen-bond donors (Lipinski definition) is 10. The van der Waals surface area contributed by atoms with E-state index in [1.165, 1.54) is 0 Å². The van der Waals surface area contributed by atoms with E-state index in [9.17, 15) is 0 Å². The normalized spacial score (nSPS) is 7.30. The first-order chi connectivity index (χ1) is 11.0. The SMILES string of the molecule is C[Te]C.OCCO.OCCO.OCCO.OCCO.OCCO. The van der Waals surface area contributed by atoms with Gasteiger partial charge in [-0.3, -0.25) is 0 Å². The van der Waals surface area contributed by atoms with Gasteiger partial charge in [-0.1, -0.05) is 0 Å². The molecule has 0 aromatic carbocycles. The average Bonchev–Trinajstić information content (AvgIpc) is 2.62. The molecule has 0 bridgehead atoms. The summed E-state index contributed by atoms with van der Waals surface area (Å²) in [4.78, 5) is 4.51. The zero-order chi connectivity index (χ0) is 19.8. The molecule has 0 aromatic rings. The molecule has 0 saturated carbocycles. The molecule has 0 unspecified atom stereocenters. The summed E-state index contributed by atoms with van der Waals surface area (Å²) < 4.78 is 0. The van der Waals surface area contributed by atoms with E-state index in [1.54, 1.807) is 0 Å². The topological polar surface area (TPSA) is 202 Å². The van der Waals surface area contributed by atoms with Gasteiger partial charge < -0.3 is 51.1 Å². The summed E-state index contributed by atoms with van der Waals surface area (Å²) in [6, 6.07) is 0. The van der Waals surface area contributed by atoms with Crippen molar-refractivity contribution in [1.82, 2.24) is 0 Å². The molecule has 0 heterocycles. The third-order valence-electron chi connectivity index (χ3n) is 0.500. The van der Waals surface area contributed by atoms with Crippen molar-refractivity contribution in [2.45, 2.75) is 9.94 Å². The van der Waals surface area contributed by atoms with Gasteiger partial charge in [-0.15, -0.1) is 0 Å². The van der Waals surface area contributed by atoms with Crippen LogP contribution in [0.1, 0.15) is 0 Å². The standard InChI is InChI=1S/5C2H6O2.C2H6Te/c5*3-1-2-4;1-3-2/h5*3-4H,1-2H2;1-2H3. The van der Waals surface area contributed by atoms with Gasteiger partial charge in [0.15, 0.2) is 0 Å². The smallest absolute Gasteiger partial charge is 0.0662 e. The van der Waals surface area contributed by atoms with Crippen LogP contribution in [0.15, 0.2) is 0 Å². The molecule has 23 heavy (non-hydrogen) atoms. The molecule has 0 saturated heterocycles. The zero-order valence-electron chi connectivity index (χ0n) is 14.0. The Balaban J connectivity index is -0.0000000378. The molecule has 0 aliphatic heterocycles. The van der Waals surface area contributed by atoms with E-state index in [2.05, 4.69) is 9.94 Å². The molecule has 0 aliphatic carbocycles. The Hall–Kier alpha value is 0.390. The first kappa shape index (κ1) is 38.8. The number of hydrogen-bond acceptors (Lipinski definition) is 10. The Morgan fingerprint density at radius 3 is 0.391 bits per heavy atom. The van der Waals surface area contributed by atoms with Crippen molar-refractivity contribution >= 4 is 20.9 Å². The number of rotatable bonds is 5. The van der Waals surface area contributed by atoms with Crippen LogP contribution in [0.25, 0.3) is 0 Å². The van der Waals surface area contributed by atoms with Gasteiger partial charge in [0.1, 0.15) is 0 Å². The molecular weight excluding hydrogens is 432 g/mol. The predicted octanol–water partition coefficient (Wildman–Crippen LogP) is -4.36.